The summed E-state index contributed by atoms with van der Waals surface area (Å²) >= 11 is 6.23. The summed E-state index contributed by atoms with van der Waals surface area (Å²) in [5, 5.41) is 4.34. The maximum atomic E-state index is 13.4. The quantitative estimate of drug-likeness (QED) is 0.317. The Kier molecular flexibility index (Phi) is 8.73. The number of nitrogens with one attached hydrogen (secondary N) is 1. The molecule has 0 aliphatic rings. The van der Waals surface area contributed by atoms with Crippen LogP contribution in [0.3, 0.4) is 0 Å². The molecule has 0 saturated heterocycles. The highest BCUT2D eigenvalue weighted by Gasteiger charge is 2.27. The van der Waals surface area contributed by atoms with Gasteiger partial charge in [0, 0.05) is 0 Å². The van der Waals surface area contributed by atoms with Crippen molar-refractivity contribution in [2.24, 2.45) is 5.10 Å². The number of ether oxygens (including phenoxy) is 2. The summed E-state index contributed by atoms with van der Waals surface area (Å²) in [6.45, 7) is 3.68. The zero-order chi connectivity index (χ0) is 25.4. The lowest BCUT2D eigenvalue weighted by atomic mass is 10.1. The summed E-state index contributed by atoms with van der Waals surface area (Å²) < 4.78 is 38.4. The van der Waals surface area contributed by atoms with Crippen LogP contribution in [0.25, 0.3) is 0 Å². The molecule has 0 atom stereocenters. The lowest BCUT2D eigenvalue weighted by molar-refractivity contribution is -0.119. The number of carbonyl (C=O) groups is 1. The Morgan fingerprint density at radius 1 is 1.06 bits per heavy atom. The molecule has 0 radical (unpaired) electrons. The van der Waals surface area contributed by atoms with Gasteiger partial charge in [0.05, 0.1) is 35.0 Å². The van der Waals surface area contributed by atoms with Crippen LogP contribution in [0.4, 0.5) is 5.69 Å². The second kappa shape index (κ2) is 11.7. The molecular weight excluding hydrogens is 490 g/mol. The van der Waals surface area contributed by atoms with Gasteiger partial charge < -0.3 is 9.47 Å². The van der Waals surface area contributed by atoms with E-state index in [2.05, 4.69) is 10.5 Å². The number of methoxy groups -OCH3 is 1. The molecular formula is C25H26ClN3O5S. The van der Waals surface area contributed by atoms with Crippen molar-refractivity contribution in [2.75, 3.05) is 24.6 Å². The summed E-state index contributed by atoms with van der Waals surface area (Å²) in [6, 6.07) is 19.6. The van der Waals surface area contributed by atoms with Crippen LogP contribution in [0.2, 0.25) is 5.02 Å². The summed E-state index contributed by atoms with van der Waals surface area (Å²) in [4.78, 5) is 12.8. The predicted octanol–water partition coefficient (Wildman–Crippen LogP) is 4.48. The SMILES string of the molecule is CCOc1ccc(/C(C)=N\NC(=O)CN(c2ccc(OC)c(Cl)c2)S(=O)(=O)c2ccccc2)cc1. The van der Waals surface area contributed by atoms with Crippen LogP contribution >= 0.6 is 11.6 Å². The second-order valence-corrected chi connectivity index (χ2v) is 9.60. The van der Waals surface area contributed by atoms with Crippen molar-refractivity contribution in [3.8, 4) is 11.5 Å². The minimum Gasteiger partial charge on any atom is -0.495 e. The van der Waals surface area contributed by atoms with Gasteiger partial charge in [-0.2, -0.15) is 5.10 Å². The van der Waals surface area contributed by atoms with Crippen molar-refractivity contribution >= 4 is 38.9 Å². The van der Waals surface area contributed by atoms with E-state index in [-0.39, 0.29) is 15.6 Å². The van der Waals surface area contributed by atoms with Crippen LogP contribution < -0.4 is 19.2 Å². The molecule has 0 spiro atoms. The Hall–Kier alpha value is -3.56. The van der Waals surface area contributed by atoms with Crippen LogP contribution in [-0.2, 0) is 14.8 Å². The lowest BCUT2D eigenvalue weighted by Gasteiger charge is -2.24. The molecule has 10 heteroatoms. The van der Waals surface area contributed by atoms with E-state index in [4.69, 9.17) is 21.1 Å². The average Bonchev–Trinajstić information content (AvgIpc) is 2.87. The third kappa shape index (κ3) is 6.52. The van der Waals surface area contributed by atoms with Gasteiger partial charge in [-0.3, -0.25) is 9.10 Å². The van der Waals surface area contributed by atoms with E-state index in [0.29, 0.717) is 18.1 Å². The normalized spacial score (nSPS) is 11.6. The topological polar surface area (TPSA) is 97.3 Å². The number of hydrogen-bond acceptors (Lipinski definition) is 6. The molecule has 0 unspecified atom stereocenters. The minimum atomic E-state index is -4.08. The number of hydrogen-bond donors (Lipinski definition) is 1. The highest BCUT2D eigenvalue weighted by Crippen LogP contribution is 2.31. The number of rotatable bonds is 10. The Morgan fingerprint density at radius 2 is 1.74 bits per heavy atom. The summed E-state index contributed by atoms with van der Waals surface area (Å²) in [6.07, 6.45) is 0. The van der Waals surface area contributed by atoms with Crippen molar-refractivity contribution in [3.05, 3.63) is 83.4 Å². The molecule has 3 aromatic carbocycles. The van der Waals surface area contributed by atoms with Gasteiger partial charge in [-0.25, -0.2) is 13.8 Å². The van der Waals surface area contributed by atoms with Crippen molar-refractivity contribution < 1.29 is 22.7 Å². The average molecular weight is 516 g/mol. The monoisotopic (exact) mass is 515 g/mol. The van der Waals surface area contributed by atoms with E-state index < -0.39 is 22.5 Å². The minimum absolute atomic E-state index is 0.0359. The number of nitrogens with zero attached hydrogens (tertiary/aromatic N) is 2. The Bertz CT molecular complexity index is 1300. The first-order chi connectivity index (χ1) is 16.8. The number of benzene rings is 3. The Balaban J connectivity index is 1.85. The molecule has 1 N–H and O–H groups in total. The molecule has 0 aromatic heterocycles. The smallest absolute Gasteiger partial charge is 0.264 e. The van der Waals surface area contributed by atoms with Gasteiger partial charge in [-0.05, 0) is 74.0 Å². The Morgan fingerprint density at radius 3 is 2.34 bits per heavy atom. The fraction of sp³-hybridized carbons (Fsp3) is 0.200. The maximum absolute atomic E-state index is 13.4. The largest absolute Gasteiger partial charge is 0.495 e. The van der Waals surface area contributed by atoms with Gasteiger partial charge in [0.25, 0.3) is 15.9 Å². The predicted molar refractivity (Wildman–Crippen MR) is 137 cm³/mol. The van der Waals surface area contributed by atoms with Crippen LogP contribution in [0, 0.1) is 0 Å². The molecule has 0 aliphatic heterocycles. The fourth-order valence-electron chi connectivity index (χ4n) is 3.18. The molecule has 3 rings (SSSR count). The second-order valence-electron chi connectivity index (χ2n) is 7.33. The number of halogens is 1. The number of anilines is 1. The third-order valence-corrected chi connectivity index (χ3v) is 7.06. The molecule has 0 saturated carbocycles. The van der Waals surface area contributed by atoms with Crippen LogP contribution in [0.5, 0.6) is 11.5 Å². The van der Waals surface area contributed by atoms with E-state index >= 15 is 0 Å². The van der Waals surface area contributed by atoms with Crippen molar-refractivity contribution in [1.29, 1.82) is 0 Å². The van der Waals surface area contributed by atoms with E-state index in [1.807, 2.05) is 19.1 Å². The first-order valence-corrected chi connectivity index (χ1v) is 12.6. The summed E-state index contributed by atoms with van der Waals surface area (Å²) in [5.74, 6) is 0.488. The zero-order valence-electron chi connectivity index (χ0n) is 19.6. The fourth-order valence-corrected chi connectivity index (χ4v) is 4.87. The van der Waals surface area contributed by atoms with Gasteiger partial charge in [0.1, 0.15) is 18.0 Å². The molecule has 1 amide bonds. The van der Waals surface area contributed by atoms with Crippen LogP contribution in [0.1, 0.15) is 19.4 Å². The third-order valence-electron chi connectivity index (χ3n) is 4.97. The standard InChI is InChI=1S/C25H26ClN3O5S/c1-4-34-21-13-10-19(11-14-21)18(2)27-28-25(30)17-29(20-12-15-24(33-3)23(26)16-20)35(31,32)22-8-6-5-7-9-22/h5-16H,4,17H2,1-3H3,(H,28,30)/b27-18-. The van der Waals surface area contributed by atoms with E-state index in [1.54, 1.807) is 37.3 Å². The summed E-state index contributed by atoms with van der Waals surface area (Å²) in [7, 11) is -2.62. The number of hydrazone groups is 1. The highest BCUT2D eigenvalue weighted by atomic mass is 35.5. The lowest BCUT2D eigenvalue weighted by Crippen LogP contribution is -2.39. The molecule has 0 fully saturated rings. The number of amides is 1. The van der Waals surface area contributed by atoms with Gasteiger partial charge >= 0.3 is 0 Å². The van der Waals surface area contributed by atoms with Crippen molar-refractivity contribution in [1.82, 2.24) is 5.43 Å². The maximum Gasteiger partial charge on any atom is 0.264 e. The van der Waals surface area contributed by atoms with Gasteiger partial charge in [-0.1, -0.05) is 29.8 Å². The van der Waals surface area contributed by atoms with E-state index in [0.717, 1.165) is 15.6 Å². The molecule has 8 nitrogen and oxygen atoms in total. The number of carbonyl (C=O) groups excluding carboxylic acids is 1. The van der Waals surface area contributed by atoms with Gasteiger partial charge in [0.15, 0.2) is 0 Å². The molecule has 184 valence electrons. The molecule has 35 heavy (non-hydrogen) atoms. The van der Waals surface area contributed by atoms with Gasteiger partial charge in [-0.15, -0.1) is 0 Å². The van der Waals surface area contributed by atoms with E-state index in [1.165, 1.54) is 37.4 Å². The molecule has 3 aromatic rings. The molecule has 0 aliphatic carbocycles. The summed E-state index contributed by atoms with van der Waals surface area (Å²) in [5.41, 5.74) is 3.98. The van der Waals surface area contributed by atoms with Crippen molar-refractivity contribution in [2.45, 2.75) is 18.7 Å². The van der Waals surface area contributed by atoms with Crippen LogP contribution in [-0.4, -0.2) is 40.3 Å². The first kappa shape index (κ1) is 26.1. The zero-order valence-corrected chi connectivity index (χ0v) is 21.1. The highest BCUT2D eigenvalue weighted by molar-refractivity contribution is 7.92. The molecule has 0 bridgehead atoms. The number of sulfonamides is 1. The van der Waals surface area contributed by atoms with E-state index in [9.17, 15) is 13.2 Å². The first-order valence-electron chi connectivity index (χ1n) is 10.7. The van der Waals surface area contributed by atoms with Crippen molar-refractivity contribution in [3.63, 3.8) is 0 Å². The van der Waals surface area contributed by atoms with Gasteiger partial charge in [0.2, 0.25) is 0 Å². The Labute approximate surface area is 210 Å². The van der Waals surface area contributed by atoms with Crippen LogP contribution in [0.15, 0.2) is 82.8 Å². The molecule has 0 heterocycles.